The molecule has 182 valence electrons. The highest BCUT2D eigenvalue weighted by Crippen LogP contribution is 2.13. The van der Waals surface area contributed by atoms with E-state index in [0.717, 1.165) is 18.0 Å². The predicted molar refractivity (Wildman–Crippen MR) is 131 cm³/mol. The Morgan fingerprint density at radius 3 is 2.29 bits per heavy atom. The van der Waals surface area contributed by atoms with Gasteiger partial charge in [0.05, 0.1) is 18.1 Å². The van der Waals surface area contributed by atoms with Crippen LogP contribution in [-0.4, -0.2) is 61.7 Å². The summed E-state index contributed by atoms with van der Waals surface area (Å²) in [6, 6.07) is 15.3. The molecule has 1 N–H and O–H groups in total. The van der Waals surface area contributed by atoms with Crippen LogP contribution in [0.25, 0.3) is 6.08 Å². The number of esters is 1. The molecule has 0 aliphatic carbocycles. The van der Waals surface area contributed by atoms with Gasteiger partial charge in [-0.15, -0.1) is 0 Å². The standard InChI is InChI=1S/C17H22N2O3.C8H8O3S/c1-14(2)17(20)22-16(11-19-10-9-18(3)13-19)12-21-15-7-5-4-6-8-15;1-2-7-3-5-8(6-4-7)12(9,10)11/h4-10,16H,1,11-13H2,2-3H3;2-6H,1H2,(H,9,10,11). The molecule has 1 aliphatic heterocycles. The Kier molecular flexibility index (Phi) is 9.91. The molecule has 0 aromatic heterocycles. The monoisotopic (exact) mass is 486 g/mol. The molecule has 2 aromatic rings. The molecule has 3 rings (SSSR count). The van der Waals surface area contributed by atoms with Crippen molar-refractivity contribution in [1.82, 2.24) is 9.80 Å². The second-order valence-electron chi connectivity index (χ2n) is 7.65. The summed E-state index contributed by atoms with van der Waals surface area (Å²) < 4.78 is 40.9. The van der Waals surface area contributed by atoms with Crippen molar-refractivity contribution in [1.29, 1.82) is 0 Å². The molecule has 0 fully saturated rings. The summed E-state index contributed by atoms with van der Waals surface area (Å²) in [5, 5.41) is 0. The first-order valence-corrected chi connectivity index (χ1v) is 11.9. The average molecular weight is 487 g/mol. The molecule has 1 heterocycles. The van der Waals surface area contributed by atoms with E-state index >= 15 is 0 Å². The van der Waals surface area contributed by atoms with E-state index in [0.29, 0.717) is 18.7 Å². The van der Waals surface area contributed by atoms with E-state index in [-0.39, 0.29) is 11.0 Å². The lowest BCUT2D eigenvalue weighted by Gasteiger charge is -2.25. The third-order valence-electron chi connectivity index (χ3n) is 4.59. The van der Waals surface area contributed by atoms with E-state index in [1.54, 1.807) is 25.1 Å². The molecule has 1 aliphatic rings. The summed E-state index contributed by atoms with van der Waals surface area (Å²) in [4.78, 5) is 15.8. The van der Waals surface area contributed by atoms with Crippen LogP contribution in [0.4, 0.5) is 0 Å². The molecule has 0 saturated heterocycles. The molecule has 34 heavy (non-hydrogen) atoms. The maximum absolute atomic E-state index is 11.8. The molecule has 1 unspecified atom stereocenters. The number of nitrogens with zero attached hydrogens (tertiary/aromatic N) is 2. The van der Waals surface area contributed by atoms with E-state index in [4.69, 9.17) is 14.0 Å². The van der Waals surface area contributed by atoms with E-state index in [9.17, 15) is 13.2 Å². The zero-order valence-electron chi connectivity index (χ0n) is 19.3. The van der Waals surface area contributed by atoms with Gasteiger partial charge in [0, 0.05) is 25.0 Å². The summed E-state index contributed by atoms with van der Waals surface area (Å²) in [7, 11) is -2.07. The second-order valence-corrected chi connectivity index (χ2v) is 9.07. The smallest absolute Gasteiger partial charge is 0.333 e. The Balaban J connectivity index is 0.000000287. The highest BCUT2D eigenvalue weighted by atomic mass is 32.2. The van der Waals surface area contributed by atoms with Crippen LogP contribution in [0.5, 0.6) is 5.75 Å². The molecule has 0 amide bonds. The number of hydrogen-bond acceptors (Lipinski definition) is 7. The lowest BCUT2D eigenvalue weighted by atomic mass is 10.2. The van der Waals surface area contributed by atoms with Crippen LogP contribution in [-0.2, 0) is 19.6 Å². The second kappa shape index (κ2) is 12.6. The molecule has 0 bridgehead atoms. The molecule has 1 atom stereocenters. The summed E-state index contributed by atoms with van der Waals surface area (Å²) in [6.45, 7) is 10.4. The molecule has 9 heteroatoms. The van der Waals surface area contributed by atoms with Crippen molar-refractivity contribution in [2.45, 2.75) is 17.9 Å². The Labute approximate surface area is 201 Å². The van der Waals surface area contributed by atoms with Gasteiger partial charge in [-0.2, -0.15) is 8.42 Å². The quantitative estimate of drug-likeness (QED) is 0.325. The fourth-order valence-electron chi connectivity index (χ4n) is 2.83. The number of rotatable bonds is 9. The molecule has 8 nitrogen and oxygen atoms in total. The van der Waals surface area contributed by atoms with E-state index < -0.39 is 16.1 Å². The Hall–Kier alpha value is -3.56. The van der Waals surface area contributed by atoms with E-state index in [1.165, 1.54) is 12.1 Å². The average Bonchev–Trinajstić information content (AvgIpc) is 3.22. The number of para-hydroxylation sites is 1. The predicted octanol–water partition coefficient (Wildman–Crippen LogP) is 3.81. The number of carbonyl (C=O) groups excluding carboxylic acids is 1. The molecular weight excluding hydrogens is 456 g/mol. The molecule has 0 spiro atoms. The van der Waals surface area contributed by atoms with Crippen molar-refractivity contribution < 1.29 is 27.2 Å². The van der Waals surface area contributed by atoms with Crippen LogP contribution in [0.3, 0.4) is 0 Å². The van der Waals surface area contributed by atoms with Crippen LogP contribution in [0.1, 0.15) is 12.5 Å². The van der Waals surface area contributed by atoms with Crippen molar-refractivity contribution in [3.05, 3.63) is 91.3 Å². The summed E-state index contributed by atoms with van der Waals surface area (Å²) in [5.74, 6) is 0.367. The summed E-state index contributed by atoms with van der Waals surface area (Å²) >= 11 is 0. The fraction of sp³-hybridized carbons (Fsp3) is 0.240. The van der Waals surface area contributed by atoms with Crippen molar-refractivity contribution in [3.63, 3.8) is 0 Å². The van der Waals surface area contributed by atoms with E-state index in [2.05, 4.69) is 23.0 Å². The third kappa shape index (κ3) is 9.13. The summed E-state index contributed by atoms with van der Waals surface area (Å²) in [6.07, 6.45) is 5.19. The third-order valence-corrected chi connectivity index (χ3v) is 5.46. The zero-order valence-corrected chi connectivity index (χ0v) is 20.1. The van der Waals surface area contributed by atoms with Crippen molar-refractivity contribution >= 4 is 22.2 Å². The number of hydrogen-bond donors (Lipinski definition) is 1. The van der Waals surface area contributed by atoms with Crippen LogP contribution in [0, 0.1) is 0 Å². The highest BCUT2D eigenvalue weighted by molar-refractivity contribution is 7.85. The van der Waals surface area contributed by atoms with Crippen LogP contribution >= 0.6 is 0 Å². The number of benzene rings is 2. The van der Waals surface area contributed by atoms with Crippen molar-refractivity contribution in [2.75, 3.05) is 26.9 Å². The van der Waals surface area contributed by atoms with Gasteiger partial charge in [-0.3, -0.25) is 4.55 Å². The van der Waals surface area contributed by atoms with Crippen LogP contribution in [0.15, 0.2) is 90.6 Å². The maximum Gasteiger partial charge on any atom is 0.333 e. The molecule has 0 radical (unpaired) electrons. The zero-order chi connectivity index (χ0) is 25.1. The minimum atomic E-state index is -4.06. The summed E-state index contributed by atoms with van der Waals surface area (Å²) in [5.41, 5.74) is 1.20. The van der Waals surface area contributed by atoms with Gasteiger partial charge in [0.2, 0.25) is 0 Å². The van der Waals surface area contributed by atoms with Gasteiger partial charge in [-0.1, -0.05) is 49.6 Å². The first kappa shape index (κ1) is 26.7. The lowest BCUT2D eigenvalue weighted by Crippen LogP contribution is -2.37. The van der Waals surface area contributed by atoms with Gasteiger partial charge < -0.3 is 19.3 Å². The largest absolute Gasteiger partial charge is 0.490 e. The first-order chi connectivity index (χ1) is 16.1. The van der Waals surface area contributed by atoms with E-state index in [1.807, 2.05) is 49.8 Å². The molecule has 0 saturated carbocycles. The molecule has 2 aromatic carbocycles. The molecular formula is C25H30N2O6S. The van der Waals surface area contributed by atoms with Crippen molar-refractivity contribution in [2.24, 2.45) is 0 Å². The lowest BCUT2D eigenvalue weighted by molar-refractivity contribution is -0.146. The Morgan fingerprint density at radius 1 is 1.15 bits per heavy atom. The maximum atomic E-state index is 11.8. The Bertz CT molecular complexity index is 1100. The van der Waals surface area contributed by atoms with Gasteiger partial charge in [0.15, 0.2) is 6.10 Å². The fourth-order valence-corrected chi connectivity index (χ4v) is 3.31. The topological polar surface area (TPSA) is 96.4 Å². The van der Waals surface area contributed by atoms with Gasteiger partial charge in [0.1, 0.15) is 12.4 Å². The minimum absolute atomic E-state index is 0.104. The van der Waals surface area contributed by atoms with Gasteiger partial charge in [0.25, 0.3) is 10.1 Å². The normalized spacial score (nSPS) is 13.5. The van der Waals surface area contributed by atoms with Gasteiger partial charge >= 0.3 is 5.97 Å². The van der Waals surface area contributed by atoms with Crippen molar-refractivity contribution in [3.8, 4) is 5.75 Å². The van der Waals surface area contributed by atoms with Crippen LogP contribution < -0.4 is 4.74 Å². The van der Waals surface area contributed by atoms with Crippen LogP contribution in [0.2, 0.25) is 0 Å². The highest BCUT2D eigenvalue weighted by Gasteiger charge is 2.20. The number of carbonyl (C=O) groups is 1. The SMILES string of the molecule is C=C(C)C(=O)OC(COc1ccccc1)CN1C=CN(C)C1.C=Cc1ccc(S(=O)(=O)O)cc1. The Morgan fingerprint density at radius 2 is 1.79 bits per heavy atom. The van der Waals surface area contributed by atoms with Gasteiger partial charge in [-0.05, 0) is 36.8 Å². The minimum Gasteiger partial charge on any atom is -0.490 e. The van der Waals surface area contributed by atoms with Gasteiger partial charge in [-0.25, -0.2) is 4.79 Å². The number of ether oxygens (including phenoxy) is 2. The first-order valence-electron chi connectivity index (χ1n) is 10.5.